The number of carboxylic acids is 1. The van der Waals surface area contributed by atoms with Crippen molar-refractivity contribution >= 4 is 28.3 Å². The lowest BCUT2D eigenvalue weighted by Gasteiger charge is -2.68. The summed E-state index contributed by atoms with van der Waals surface area (Å²) >= 11 is 0. The first-order valence-electron chi connectivity index (χ1n) is 14.9. The van der Waals surface area contributed by atoms with Crippen molar-refractivity contribution < 1.29 is 24.5 Å². The van der Waals surface area contributed by atoms with Crippen molar-refractivity contribution in [1.82, 2.24) is 0 Å². The number of hydrogen-bond donors (Lipinski definition) is 5. The summed E-state index contributed by atoms with van der Waals surface area (Å²) in [5.41, 5.74) is 21.1. The summed E-state index contributed by atoms with van der Waals surface area (Å²) in [4.78, 5) is 25.5. The molecule has 4 saturated carbocycles. The van der Waals surface area contributed by atoms with Crippen LogP contribution in [0, 0.1) is 28.6 Å². The fourth-order valence-corrected chi connectivity index (χ4v) is 10.0. The van der Waals surface area contributed by atoms with Crippen LogP contribution in [0.5, 0.6) is 0 Å². The lowest BCUT2D eigenvalue weighted by atomic mass is 9.39. The van der Waals surface area contributed by atoms with Gasteiger partial charge in [0.25, 0.3) is 0 Å². The van der Waals surface area contributed by atoms with Crippen LogP contribution >= 0.6 is 0 Å². The van der Waals surface area contributed by atoms with Crippen LogP contribution in [-0.2, 0) is 14.3 Å². The number of nitrogens with two attached hydrogens (primary N) is 3. The molecular weight excluding hydrogens is 518 g/mol. The quantitative estimate of drug-likeness (QED) is 0.281. The topological polar surface area (TPSA) is 162 Å². The first-order chi connectivity index (χ1) is 19.3. The number of rotatable bonds is 3. The Bertz CT molecular complexity index is 1440. The minimum absolute atomic E-state index is 0.0696. The fraction of sp³-hybridized carbons (Fsp3) is 0.576. The van der Waals surface area contributed by atoms with Crippen LogP contribution in [-0.4, -0.2) is 52.0 Å². The minimum atomic E-state index is -1.05. The third-order valence-corrected chi connectivity index (χ3v) is 11.8. The highest BCUT2D eigenvalue weighted by Crippen LogP contribution is 2.69. The molecule has 0 amide bonds. The summed E-state index contributed by atoms with van der Waals surface area (Å²) in [6.45, 7) is 5.76. The molecule has 0 aromatic heterocycles. The van der Waals surface area contributed by atoms with Crippen molar-refractivity contribution in [2.75, 3.05) is 0 Å². The summed E-state index contributed by atoms with van der Waals surface area (Å²) in [5.74, 6) is -1.75. The van der Waals surface area contributed by atoms with E-state index in [4.69, 9.17) is 21.9 Å². The second-order valence-corrected chi connectivity index (χ2v) is 13.7. The summed E-state index contributed by atoms with van der Waals surface area (Å²) in [7, 11) is 0. The largest absolute Gasteiger partial charge is 0.478 e. The van der Waals surface area contributed by atoms with Crippen molar-refractivity contribution in [3.05, 3.63) is 53.6 Å². The normalized spacial score (nSPS) is 43.0. The first kappa shape index (κ1) is 28.3. The summed E-state index contributed by atoms with van der Waals surface area (Å²) in [5, 5.41) is 23.3. The van der Waals surface area contributed by atoms with Crippen molar-refractivity contribution in [1.29, 1.82) is 0 Å². The number of carbonyl (C=O) groups excluding carboxylic acids is 1. The van der Waals surface area contributed by atoms with Gasteiger partial charge in [0.1, 0.15) is 6.10 Å². The maximum absolute atomic E-state index is 13.1. The first-order valence-corrected chi connectivity index (χ1v) is 14.9. The molecule has 220 valence electrons. The van der Waals surface area contributed by atoms with Gasteiger partial charge in [0, 0.05) is 24.5 Å². The van der Waals surface area contributed by atoms with E-state index in [-0.39, 0.29) is 40.8 Å². The van der Waals surface area contributed by atoms with E-state index in [0.29, 0.717) is 36.8 Å². The van der Waals surface area contributed by atoms with E-state index in [1.54, 1.807) is 0 Å². The summed E-state index contributed by atoms with van der Waals surface area (Å²) in [6.07, 6.45) is 2.56. The van der Waals surface area contributed by atoms with Gasteiger partial charge in [0.05, 0.1) is 11.7 Å². The Hall–Kier alpha value is -2.78. The molecule has 8 heteroatoms. The van der Waals surface area contributed by atoms with E-state index in [2.05, 4.69) is 13.8 Å². The monoisotopic (exact) mass is 561 g/mol. The number of ether oxygens (including phenoxy) is 1. The van der Waals surface area contributed by atoms with Gasteiger partial charge >= 0.3 is 11.9 Å². The standard InChI is InChI=1S/C33H43N3O5/c1-17(37)41-25-16-32(3)22(27(25)26(30(39)40)20-9-8-18-6-4-5-7-19(18)14-20)15-23(34)29-31(2)12-11-24(38)28(35)21(31)10-13-33(29,32)36/h4-9,14,21-25,28-29,38H,10-13,15-16,34-36H2,1-3H3,(H,39,40)/b27-26-/t21-,22?,23+,24+,25-,28-,29-,31-,32-,33+/m0/s1. The number of aliphatic hydroxyl groups excluding tert-OH is 1. The van der Waals surface area contributed by atoms with Crippen LogP contribution in [0.4, 0.5) is 0 Å². The zero-order valence-corrected chi connectivity index (χ0v) is 24.2. The fourth-order valence-electron chi connectivity index (χ4n) is 10.0. The van der Waals surface area contributed by atoms with E-state index >= 15 is 0 Å². The SMILES string of the molecule is CC(=O)O[C@H]1C[C@@]2(C)C(C[C@@H](N)[C@H]3[C@@]4(C)CC[C@@H](O)[C@@H](N)[C@@H]4CC[C@@]32N)/C1=C(/C(=O)O)c1ccc2ccccc2c1. The number of aliphatic hydroxyl groups is 1. The maximum atomic E-state index is 13.1. The molecule has 8 nitrogen and oxygen atoms in total. The van der Waals surface area contributed by atoms with E-state index in [1.165, 1.54) is 6.92 Å². The molecule has 0 aliphatic heterocycles. The predicted octanol–water partition coefficient (Wildman–Crippen LogP) is 3.58. The molecular formula is C33H43N3O5. The molecule has 4 fully saturated rings. The van der Waals surface area contributed by atoms with E-state index < -0.39 is 35.1 Å². The van der Waals surface area contributed by atoms with E-state index in [1.807, 2.05) is 42.5 Å². The second-order valence-electron chi connectivity index (χ2n) is 13.7. The molecule has 6 rings (SSSR count). The van der Waals surface area contributed by atoms with Gasteiger partial charge in [-0.2, -0.15) is 0 Å². The Labute approximate surface area is 241 Å². The van der Waals surface area contributed by atoms with Crippen LogP contribution < -0.4 is 17.2 Å². The number of benzene rings is 2. The average Bonchev–Trinajstić information content (AvgIpc) is 3.17. The van der Waals surface area contributed by atoms with Gasteiger partial charge in [0.15, 0.2) is 0 Å². The van der Waals surface area contributed by atoms with Gasteiger partial charge in [-0.15, -0.1) is 0 Å². The molecule has 41 heavy (non-hydrogen) atoms. The molecule has 8 N–H and O–H groups in total. The lowest BCUT2D eigenvalue weighted by Crippen LogP contribution is -2.76. The van der Waals surface area contributed by atoms with Crippen molar-refractivity contribution in [3.8, 4) is 0 Å². The number of carbonyl (C=O) groups is 2. The second kappa shape index (κ2) is 9.63. The Balaban J connectivity index is 1.52. The van der Waals surface area contributed by atoms with Crippen LogP contribution in [0.2, 0.25) is 0 Å². The van der Waals surface area contributed by atoms with Gasteiger partial charge in [-0.1, -0.05) is 50.2 Å². The Kier molecular flexibility index (Phi) is 6.66. The Morgan fingerprint density at radius 1 is 1.02 bits per heavy atom. The number of fused-ring (bicyclic) bond motifs is 6. The molecule has 1 unspecified atom stereocenters. The molecule has 0 radical (unpaired) electrons. The molecule has 2 aromatic rings. The van der Waals surface area contributed by atoms with Gasteiger partial charge in [-0.05, 0) is 95.1 Å². The van der Waals surface area contributed by atoms with E-state index in [0.717, 1.165) is 23.6 Å². The smallest absolute Gasteiger partial charge is 0.336 e. The molecule has 0 saturated heterocycles. The summed E-state index contributed by atoms with van der Waals surface area (Å²) in [6, 6.07) is 12.9. The highest BCUT2D eigenvalue weighted by molar-refractivity contribution is 6.17. The Morgan fingerprint density at radius 2 is 1.73 bits per heavy atom. The molecule has 10 atom stereocenters. The predicted molar refractivity (Wildman–Crippen MR) is 157 cm³/mol. The molecule has 0 bridgehead atoms. The van der Waals surface area contributed by atoms with Crippen molar-refractivity contribution in [2.24, 2.45) is 45.8 Å². The summed E-state index contributed by atoms with van der Waals surface area (Å²) < 4.78 is 5.93. The highest BCUT2D eigenvalue weighted by Gasteiger charge is 2.71. The van der Waals surface area contributed by atoms with Crippen LogP contribution in [0.1, 0.15) is 64.9 Å². The van der Waals surface area contributed by atoms with Crippen molar-refractivity contribution in [2.45, 2.75) is 89.1 Å². The van der Waals surface area contributed by atoms with Crippen LogP contribution in [0.3, 0.4) is 0 Å². The zero-order chi connectivity index (χ0) is 29.5. The molecule has 4 aliphatic carbocycles. The lowest BCUT2D eigenvalue weighted by molar-refractivity contribution is -0.160. The average molecular weight is 562 g/mol. The zero-order valence-electron chi connectivity index (χ0n) is 24.2. The molecule has 0 heterocycles. The van der Waals surface area contributed by atoms with Gasteiger partial charge in [-0.3, -0.25) is 4.79 Å². The molecule has 2 aromatic carbocycles. The molecule has 4 aliphatic rings. The molecule has 0 spiro atoms. The van der Waals surface area contributed by atoms with Gasteiger partial charge in [-0.25, -0.2) is 4.79 Å². The van der Waals surface area contributed by atoms with E-state index in [9.17, 15) is 19.8 Å². The number of hydrogen-bond acceptors (Lipinski definition) is 7. The third kappa shape index (κ3) is 4.02. The van der Waals surface area contributed by atoms with Gasteiger partial charge in [0.2, 0.25) is 0 Å². The minimum Gasteiger partial charge on any atom is -0.478 e. The van der Waals surface area contributed by atoms with Gasteiger partial charge < -0.3 is 32.2 Å². The number of aliphatic carboxylic acids is 1. The van der Waals surface area contributed by atoms with Crippen LogP contribution in [0.15, 0.2) is 48.0 Å². The third-order valence-electron chi connectivity index (χ3n) is 11.8. The Morgan fingerprint density at radius 3 is 2.41 bits per heavy atom. The van der Waals surface area contributed by atoms with Crippen molar-refractivity contribution in [3.63, 3.8) is 0 Å². The number of esters is 1. The van der Waals surface area contributed by atoms with Crippen LogP contribution in [0.25, 0.3) is 16.3 Å². The maximum Gasteiger partial charge on any atom is 0.336 e. The number of carboxylic acid groups (broad SMARTS) is 1. The highest BCUT2D eigenvalue weighted by atomic mass is 16.5.